The highest BCUT2D eigenvalue weighted by atomic mass is 19.1. The van der Waals surface area contributed by atoms with Crippen molar-refractivity contribution in [1.82, 2.24) is 4.90 Å². The molecule has 3 rings (SSSR count). The smallest absolute Gasteiger partial charge is 0.242 e. The van der Waals surface area contributed by atoms with E-state index < -0.39 is 5.82 Å². The summed E-state index contributed by atoms with van der Waals surface area (Å²) in [6.45, 7) is 2.99. The molecule has 0 bridgehead atoms. The maximum Gasteiger partial charge on any atom is 0.242 e. The van der Waals surface area contributed by atoms with Crippen molar-refractivity contribution >= 4 is 23.2 Å². The van der Waals surface area contributed by atoms with Crippen LogP contribution in [0, 0.1) is 5.82 Å². The van der Waals surface area contributed by atoms with E-state index in [9.17, 15) is 14.0 Å². The molecule has 2 amide bonds. The van der Waals surface area contributed by atoms with Crippen LogP contribution in [0.1, 0.15) is 31.7 Å². The minimum absolute atomic E-state index is 0.0335. The minimum Gasteiger partial charge on any atom is -0.376 e. The van der Waals surface area contributed by atoms with Crippen LogP contribution in [0.5, 0.6) is 0 Å². The third kappa shape index (κ3) is 5.31. The SMILES string of the molecule is CC1CCCCN1C(=O)CNc1ccc(F)c(NC(=O)Cc2ccccc2)c1. The molecular formula is C22H26FN3O2. The Balaban J connectivity index is 1.58. The Hall–Kier alpha value is -2.89. The normalized spacial score (nSPS) is 16.5. The second-order valence-corrected chi connectivity index (χ2v) is 7.19. The van der Waals surface area contributed by atoms with E-state index >= 15 is 0 Å². The van der Waals surface area contributed by atoms with Gasteiger partial charge in [0.05, 0.1) is 18.7 Å². The van der Waals surface area contributed by atoms with Gasteiger partial charge in [-0.25, -0.2) is 4.39 Å². The van der Waals surface area contributed by atoms with Gasteiger partial charge < -0.3 is 15.5 Å². The number of hydrogen-bond acceptors (Lipinski definition) is 3. The van der Waals surface area contributed by atoms with Gasteiger partial charge in [-0.1, -0.05) is 30.3 Å². The number of carbonyl (C=O) groups is 2. The van der Waals surface area contributed by atoms with E-state index in [1.807, 2.05) is 35.2 Å². The molecule has 1 aliphatic heterocycles. The number of nitrogens with one attached hydrogen (secondary N) is 2. The molecule has 6 heteroatoms. The molecule has 5 nitrogen and oxygen atoms in total. The van der Waals surface area contributed by atoms with Gasteiger partial charge in [0, 0.05) is 18.3 Å². The van der Waals surface area contributed by atoms with Crippen molar-refractivity contribution in [1.29, 1.82) is 0 Å². The molecule has 0 aliphatic carbocycles. The molecule has 1 fully saturated rings. The van der Waals surface area contributed by atoms with Gasteiger partial charge in [-0.15, -0.1) is 0 Å². The molecule has 1 saturated heterocycles. The fourth-order valence-corrected chi connectivity index (χ4v) is 3.45. The number of nitrogens with zero attached hydrogens (tertiary/aromatic N) is 1. The summed E-state index contributed by atoms with van der Waals surface area (Å²) < 4.78 is 14.1. The molecule has 1 unspecified atom stereocenters. The summed E-state index contributed by atoms with van der Waals surface area (Å²) in [6, 6.07) is 13.9. The summed E-state index contributed by atoms with van der Waals surface area (Å²) in [5.41, 5.74) is 1.55. The summed E-state index contributed by atoms with van der Waals surface area (Å²) in [7, 11) is 0. The van der Waals surface area contributed by atoms with Crippen molar-refractivity contribution in [2.45, 2.75) is 38.6 Å². The Bertz CT molecular complexity index is 826. The van der Waals surface area contributed by atoms with Gasteiger partial charge in [-0.05, 0) is 49.9 Å². The molecule has 0 spiro atoms. The van der Waals surface area contributed by atoms with E-state index in [1.165, 1.54) is 12.1 Å². The molecule has 2 N–H and O–H groups in total. The summed E-state index contributed by atoms with van der Waals surface area (Å²) in [4.78, 5) is 26.5. The summed E-state index contributed by atoms with van der Waals surface area (Å²) in [6.07, 6.45) is 3.38. The topological polar surface area (TPSA) is 61.4 Å². The maximum atomic E-state index is 14.1. The molecule has 0 saturated carbocycles. The Kier molecular flexibility index (Phi) is 6.63. The molecule has 148 valence electrons. The van der Waals surface area contributed by atoms with Crippen molar-refractivity contribution in [2.24, 2.45) is 0 Å². The summed E-state index contributed by atoms with van der Waals surface area (Å²) >= 11 is 0. The fraction of sp³-hybridized carbons (Fsp3) is 0.364. The zero-order chi connectivity index (χ0) is 19.9. The van der Waals surface area contributed by atoms with E-state index in [-0.39, 0.29) is 36.5 Å². The van der Waals surface area contributed by atoms with Crippen molar-refractivity contribution in [2.75, 3.05) is 23.7 Å². The van der Waals surface area contributed by atoms with Crippen LogP contribution in [0.15, 0.2) is 48.5 Å². The first-order valence-electron chi connectivity index (χ1n) is 9.69. The fourth-order valence-electron chi connectivity index (χ4n) is 3.45. The lowest BCUT2D eigenvalue weighted by molar-refractivity contribution is -0.132. The van der Waals surface area contributed by atoms with E-state index in [1.54, 1.807) is 6.07 Å². The second-order valence-electron chi connectivity index (χ2n) is 7.19. The van der Waals surface area contributed by atoms with Gasteiger partial charge in [0.25, 0.3) is 0 Å². The lowest BCUT2D eigenvalue weighted by atomic mass is 10.0. The predicted octanol–water partition coefficient (Wildman–Crippen LogP) is 3.82. The Morgan fingerprint density at radius 1 is 1.14 bits per heavy atom. The van der Waals surface area contributed by atoms with Gasteiger partial charge >= 0.3 is 0 Å². The number of hydrogen-bond donors (Lipinski definition) is 2. The monoisotopic (exact) mass is 383 g/mol. The number of carbonyl (C=O) groups excluding carboxylic acids is 2. The first kappa shape index (κ1) is 19.9. The highest BCUT2D eigenvalue weighted by molar-refractivity contribution is 5.93. The number of anilines is 2. The molecule has 1 atom stereocenters. The molecular weight excluding hydrogens is 357 g/mol. The highest BCUT2D eigenvalue weighted by Gasteiger charge is 2.22. The molecule has 2 aromatic carbocycles. The van der Waals surface area contributed by atoms with Crippen molar-refractivity contribution in [3.8, 4) is 0 Å². The van der Waals surface area contributed by atoms with Crippen molar-refractivity contribution in [3.05, 3.63) is 59.9 Å². The average molecular weight is 383 g/mol. The van der Waals surface area contributed by atoms with Crippen LogP contribution >= 0.6 is 0 Å². The van der Waals surface area contributed by atoms with E-state index in [0.717, 1.165) is 31.4 Å². The third-order valence-corrected chi connectivity index (χ3v) is 5.02. The lowest BCUT2D eigenvalue weighted by Crippen LogP contribution is -2.44. The Labute approximate surface area is 164 Å². The number of piperidine rings is 1. The van der Waals surface area contributed by atoms with Crippen LogP contribution < -0.4 is 10.6 Å². The quantitative estimate of drug-likeness (QED) is 0.797. The predicted molar refractivity (Wildman–Crippen MR) is 109 cm³/mol. The van der Waals surface area contributed by atoms with Crippen LogP contribution in [-0.2, 0) is 16.0 Å². The number of amides is 2. The lowest BCUT2D eigenvalue weighted by Gasteiger charge is -2.33. The highest BCUT2D eigenvalue weighted by Crippen LogP contribution is 2.21. The number of benzene rings is 2. The van der Waals surface area contributed by atoms with Gasteiger partial charge in [-0.2, -0.15) is 0 Å². The summed E-state index contributed by atoms with van der Waals surface area (Å²) in [5.74, 6) is -0.769. The van der Waals surface area contributed by atoms with Crippen LogP contribution in [0.25, 0.3) is 0 Å². The molecule has 2 aromatic rings. The van der Waals surface area contributed by atoms with Gasteiger partial charge in [0.1, 0.15) is 5.82 Å². The van der Waals surface area contributed by atoms with E-state index in [4.69, 9.17) is 0 Å². The zero-order valence-corrected chi connectivity index (χ0v) is 16.1. The van der Waals surface area contributed by atoms with Crippen LogP contribution in [0.3, 0.4) is 0 Å². The molecule has 1 heterocycles. The van der Waals surface area contributed by atoms with Crippen molar-refractivity contribution < 1.29 is 14.0 Å². The van der Waals surface area contributed by atoms with Crippen LogP contribution in [-0.4, -0.2) is 35.8 Å². The van der Waals surface area contributed by atoms with Gasteiger partial charge in [0.2, 0.25) is 11.8 Å². The molecule has 0 radical (unpaired) electrons. The first-order valence-corrected chi connectivity index (χ1v) is 9.69. The standard InChI is InChI=1S/C22H26FN3O2/c1-16-7-5-6-12-26(16)22(28)15-24-18-10-11-19(23)20(14-18)25-21(27)13-17-8-3-2-4-9-17/h2-4,8-11,14,16,24H,5-7,12-13,15H2,1H3,(H,25,27). The Morgan fingerprint density at radius 2 is 1.93 bits per heavy atom. The van der Waals surface area contributed by atoms with E-state index in [0.29, 0.717) is 5.69 Å². The number of halogens is 1. The second kappa shape index (κ2) is 9.35. The van der Waals surface area contributed by atoms with Crippen molar-refractivity contribution in [3.63, 3.8) is 0 Å². The largest absolute Gasteiger partial charge is 0.376 e. The maximum absolute atomic E-state index is 14.1. The molecule has 28 heavy (non-hydrogen) atoms. The van der Waals surface area contributed by atoms with Gasteiger partial charge in [-0.3, -0.25) is 9.59 Å². The molecule has 0 aromatic heterocycles. The van der Waals surface area contributed by atoms with Crippen LogP contribution in [0.4, 0.5) is 15.8 Å². The molecule has 1 aliphatic rings. The zero-order valence-electron chi connectivity index (χ0n) is 16.1. The van der Waals surface area contributed by atoms with Gasteiger partial charge in [0.15, 0.2) is 0 Å². The van der Waals surface area contributed by atoms with E-state index in [2.05, 4.69) is 17.6 Å². The number of likely N-dealkylation sites (tertiary alicyclic amines) is 1. The van der Waals surface area contributed by atoms with Crippen LogP contribution in [0.2, 0.25) is 0 Å². The third-order valence-electron chi connectivity index (χ3n) is 5.02. The number of rotatable bonds is 6. The average Bonchev–Trinajstić information content (AvgIpc) is 2.69. The minimum atomic E-state index is -0.511. The summed E-state index contributed by atoms with van der Waals surface area (Å²) in [5, 5.41) is 5.65. The first-order chi connectivity index (χ1) is 13.5. The Morgan fingerprint density at radius 3 is 2.68 bits per heavy atom.